The number of benzene rings is 1. The lowest BCUT2D eigenvalue weighted by molar-refractivity contribution is -0.148. The lowest BCUT2D eigenvalue weighted by Crippen LogP contribution is -2.59. The van der Waals surface area contributed by atoms with Crippen LogP contribution in [-0.4, -0.2) is 123 Å². The third kappa shape index (κ3) is 11.9. The molecule has 8 atom stereocenters. The molecule has 0 aliphatic carbocycles. The lowest BCUT2D eigenvalue weighted by Gasteiger charge is -2.41. The molecule has 1 aromatic carbocycles. The van der Waals surface area contributed by atoms with Crippen LogP contribution < -0.4 is 10.6 Å². The van der Waals surface area contributed by atoms with Gasteiger partial charge in [-0.15, -0.1) is 0 Å². The van der Waals surface area contributed by atoms with Gasteiger partial charge in [0.25, 0.3) is 0 Å². The predicted octanol–water partition coefficient (Wildman–Crippen LogP) is 4.65. The number of rotatable bonds is 20. The van der Waals surface area contributed by atoms with Crippen LogP contribution in [0.1, 0.15) is 79.7 Å². The number of carbonyl (C=O) groups excluding carboxylic acids is 4. The minimum absolute atomic E-state index is 0.000912. The molecule has 2 rings (SSSR count). The highest BCUT2D eigenvalue weighted by molar-refractivity contribution is 6.31. The van der Waals surface area contributed by atoms with Gasteiger partial charge in [-0.3, -0.25) is 24.1 Å². The Hall–Kier alpha value is -2.73. The van der Waals surface area contributed by atoms with Crippen LogP contribution in [0, 0.1) is 23.7 Å². The molecule has 11 nitrogen and oxygen atoms in total. The Morgan fingerprint density at radius 2 is 1.61 bits per heavy atom. The van der Waals surface area contributed by atoms with E-state index in [1.807, 2.05) is 82.8 Å². The van der Waals surface area contributed by atoms with E-state index in [4.69, 9.17) is 21.1 Å². The van der Waals surface area contributed by atoms with Gasteiger partial charge in [0, 0.05) is 39.4 Å². The molecule has 51 heavy (non-hydrogen) atoms. The van der Waals surface area contributed by atoms with Gasteiger partial charge in [-0.25, -0.2) is 0 Å². The highest BCUT2D eigenvalue weighted by Gasteiger charge is 2.43. The van der Waals surface area contributed by atoms with Crippen molar-refractivity contribution < 1.29 is 28.7 Å². The van der Waals surface area contributed by atoms with Crippen molar-refractivity contribution in [1.82, 2.24) is 25.3 Å². The van der Waals surface area contributed by atoms with E-state index in [0.717, 1.165) is 18.4 Å². The third-order valence-electron chi connectivity index (χ3n) is 10.6. The number of hydrogen-bond acceptors (Lipinski definition) is 7. The molecule has 1 aromatic rings. The van der Waals surface area contributed by atoms with E-state index in [9.17, 15) is 19.2 Å². The van der Waals surface area contributed by atoms with Gasteiger partial charge in [0.2, 0.25) is 23.6 Å². The SMILES string of the molecule is CC[C@H](C)[C@@H]([C@@H](CC(=O)N1CCC[C@H]1[C@H](OC)[C@@H](C)C(=O)NCCc1ccccc1Cl)OC)N(C)C(=O)C(NC(=O)[C@H](C(C)C)N(C)C)C(C)C. The Bertz CT molecular complexity index is 1270. The average molecular weight is 736 g/mol. The van der Waals surface area contributed by atoms with Crippen molar-refractivity contribution in [2.24, 2.45) is 23.7 Å². The Balaban J connectivity index is 2.21. The van der Waals surface area contributed by atoms with Crippen LogP contribution in [0.2, 0.25) is 5.02 Å². The van der Waals surface area contributed by atoms with Crippen LogP contribution in [0.3, 0.4) is 0 Å². The standard InChI is InChI=1S/C39H66ClN5O6/c1-13-26(6)35(44(10)39(49)33(24(2)3)42-38(48)34(25(4)5)43(8)9)31(50-11)23-32(46)45-22-16-19-30(45)36(51-12)27(7)37(47)41-21-20-28-17-14-15-18-29(28)40/h14-15,17-18,24-27,30-31,33-36H,13,16,19-23H2,1-12H3,(H,41,47)(H,42,48)/t26-,27+,30-,31+,33?,34-,35-,36+/m0/s1. The summed E-state index contributed by atoms with van der Waals surface area (Å²) in [7, 11) is 8.63. The summed E-state index contributed by atoms with van der Waals surface area (Å²) in [5, 5.41) is 6.73. The third-order valence-corrected chi connectivity index (χ3v) is 11.0. The Morgan fingerprint density at radius 3 is 2.14 bits per heavy atom. The van der Waals surface area contributed by atoms with Gasteiger partial charge in [-0.1, -0.05) is 84.7 Å². The van der Waals surface area contributed by atoms with Crippen LogP contribution in [0.4, 0.5) is 0 Å². The lowest BCUT2D eigenvalue weighted by atomic mass is 9.89. The molecule has 0 radical (unpaired) electrons. The van der Waals surface area contributed by atoms with Crippen LogP contribution >= 0.6 is 11.6 Å². The first-order valence-corrected chi connectivity index (χ1v) is 19.0. The smallest absolute Gasteiger partial charge is 0.245 e. The van der Waals surface area contributed by atoms with E-state index >= 15 is 0 Å². The summed E-state index contributed by atoms with van der Waals surface area (Å²) < 4.78 is 11.9. The molecular weight excluding hydrogens is 670 g/mol. The number of nitrogens with zero attached hydrogens (tertiary/aromatic N) is 3. The van der Waals surface area contributed by atoms with Gasteiger partial charge in [-0.05, 0) is 62.7 Å². The van der Waals surface area contributed by atoms with Crippen LogP contribution in [-0.2, 0) is 35.1 Å². The quantitative estimate of drug-likeness (QED) is 0.200. The summed E-state index contributed by atoms with van der Waals surface area (Å²) in [4.78, 5) is 60.3. The number of likely N-dealkylation sites (tertiary alicyclic amines) is 1. The average Bonchev–Trinajstić information content (AvgIpc) is 3.56. The van der Waals surface area contributed by atoms with Crippen LogP contribution in [0.5, 0.6) is 0 Å². The number of likely N-dealkylation sites (N-methyl/N-ethyl adjacent to an activating group) is 2. The monoisotopic (exact) mass is 735 g/mol. The molecule has 1 heterocycles. The van der Waals surface area contributed by atoms with Crippen molar-refractivity contribution in [3.63, 3.8) is 0 Å². The Morgan fingerprint density at radius 1 is 0.961 bits per heavy atom. The second-order valence-corrected chi connectivity index (χ2v) is 15.5. The van der Waals surface area contributed by atoms with Crippen molar-refractivity contribution in [2.45, 2.75) is 117 Å². The number of nitrogens with one attached hydrogen (secondary N) is 2. The zero-order chi connectivity index (χ0) is 38.6. The first kappa shape index (κ1) is 44.4. The first-order valence-electron chi connectivity index (χ1n) is 18.6. The van der Waals surface area contributed by atoms with Gasteiger partial charge in [0.15, 0.2) is 0 Å². The van der Waals surface area contributed by atoms with Gasteiger partial charge in [0.1, 0.15) is 6.04 Å². The maximum absolute atomic E-state index is 14.2. The topological polar surface area (TPSA) is 121 Å². The summed E-state index contributed by atoms with van der Waals surface area (Å²) in [6, 6.07) is 5.74. The maximum Gasteiger partial charge on any atom is 0.245 e. The van der Waals surface area contributed by atoms with Gasteiger partial charge < -0.3 is 29.9 Å². The molecule has 0 bridgehead atoms. The molecule has 1 unspecified atom stereocenters. The molecule has 290 valence electrons. The minimum Gasteiger partial charge on any atom is -0.379 e. The minimum atomic E-state index is -0.744. The van der Waals surface area contributed by atoms with Crippen LogP contribution in [0.25, 0.3) is 0 Å². The largest absolute Gasteiger partial charge is 0.379 e. The molecule has 1 saturated heterocycles. The number of carbonyl (C=O) groups is 4. The molecule has 0 spiro atoms. The second kappa shape index (κ2) is 21.1. The zero-order valence-corrected chi connectivity index (χ0v) is 34.0. The van der Waals surface area contributed by atoms with E-state index in [1.54, 1.807) is 26.2 Å². The summed E-state index contributed by atoms with van der Waals surface area (Å²) in [5.74, 6) is -1.26. The predicted molar refractivity (Wildman–Crippen MR) is 203 cm³/mol. The molecule has 1 fully saturated rings. The van der Waals surface area contributed by atoms with E-state index in [1.165, 1.54) is 0 Å². The zero-order valence-electron chi connectivity index (χ0n) is 33.2. The van der Waals surface area contributed by atoms with Crippen molar-refractivity contribution in [3.05, 3.63) is 34.9 Å². The molecule has 1 aliphatic rings. The van der Waals surface area contributed by atoms with Gasteiger partial charge in [0.05, 0.1) is 42.7 Å². The van der Waals surface area contributed by atoms with Crippen molar-refractivity contribution in [1.29, 1.82) is 0 Å². The number of halogens is 1. The number of ether oxygens (including phenoxy) is 2. The highest BCUT2D eigenvalue weighted by Crippen LogP contribution is 2.30. The number of hydrogen-bond donors (Lipinski definition) is 2. The molecule has 2 N–H and O–H groups in total. The second-order valence-electron chi connectivity index (χ2n) is 15.1. The molecule has 0 saturated carbocycles. The van der Waals surface area contributed by atoms with E-state index in [0.29, 0.717) is 31.0 Å². The summed E-state index contributed by atoms with van der Waals surface area (Å²) in [5.41, 5.74) is 0.965. The van der Waals surface area contributed by atoms with E-state index < -0.39 is 30.2 Å². The molecular formula is C39H66ClN5O6. The van der Waals surface area contributed by atoms with Crippen molar-refractivity contribution in [3.8, 4) is 0 Å². The molecule has 4 amide bonds. The molecule has 0 aromatic heterocycles. The van der Waals surface area contributed by atoms with Crippen molar-refractivity contribution >= 4 is 35.2 Å². The van der Waals surface area contributed by atoms with Crippen LogP contribution in [0.15, 0.2) is 24.3 Å². The summed E-state index contributed by atoms with van der Waals surface area (Å²) in [6.45, 7) is 14.7. The van der Waals surface area contributed by atoms with Crippen molar-refractivity contribution in [2.75, 3.05) is 48.5 Å². The number of amides is 4. The molecule has 1 aliphatic heterocycles. The normalized spacial score (nSPS) is 19.0. The van der Waals surface area contributed by atoms with E-state index in [-0.39, 0.29) is 59.9 Å². The Labute approximate surface area is 312 Å². The summed E-state index contributed by atoms with van der Waals surface area (Å²) in [6.07, 6.45) is 1.83. The fraction of sp³-hybridized carbons (Fsp3) is 0.744. The fourth-order valence-electron chi connectivity index (χ4n) is 7.59. The maximum atomic E-state index is 14.2. The first-order chi connectivity index (χ1) is 24.0. The number of methoxy groups -OCH3 is 2. The Kier molecular flexibility index (Phi) is 18.4. The van der Waals surface area contributed by atoms with Gasteiger partial charge in [-0.2, -0.15) is 0 Å². The highest BCUT2D eigenvalue weighted by atomic mass is 35.5. The van der Waals surface area contributed by atoms with E-state index in [2.05, 4.69) is 24.5 Å². The summed E-state index contributed by atoms with van der Waals surface area (Å²) >= 11 is 6.29. The molecule has 12 heteroatoms. The fourth-order valence-corrected chi connectivity index (χ4v) is 7.82. The van der Waals surface area contributed by atoms with Gasteiger partial charge >= 0.3 is 0 Å².